The third kappa shape index (κ3) is 10.7. The Labute approximate surface area is 243 Å². The summed E-state index contributed by atoms with van der Waals surface area (Å²) in [6.45, 7) is 6.67. The van der Waals surface area contributed by atoms with Crippen LogP contribution in [-0.2, 0) is 17.6 Å². The van der Waals surface area contributed by atoms with E-state index in [9.17, 15) is 9.59 Å². The fraction of sp³-hybridized carbons (Fsp3) is 0.412. The topological polar surface area (TPSA) is 61.8 Å². The molecule has 0 unspecified atom stereocenters. The molecule has 0 radical (unpaired) electrons. The molecule has 0 aliphatic heterocycles. The second-order valence-corrected chi connectivity index (χ2v) is 10.9. The lowest BCUT2D eigenvalue weighted by molar-refractivity contribution is -0.134. The SMILES string of the molecule is CCCCCCCCOc1ccc(C(=O)Oc2ccc(CCc3ccc(OC(=O)[C@H](Cl)C(C)C)cc3)cc2)cc1. The van der Waals surface area contributed by atoms with Crippen LogP contribution in [0.15, 0.2) is 72.8 Å². The zero-order valence-electron chi connectivity index (χ0n) is 23.9. The molecule has 1 atom stereocenters. The van der Waals surface area contributed by atoms with Gasteiger partial charge in [-0.05, 0) is 84.8 Å². The third-order valence-electron chi connectivity index (χ3n) is 6.65. The van der Waals surface area contributed by atoms with Crippen LogP contribution >= 0.6 is 11.6 Å². The number of hydrogen-bond acceptors (Lipinski definition) is 5. The summed E-state index contributed by atoms with van der Waals surface area (Å²) in [6.07, 6.45) is 8.98. The van der Waals surface area contributed by atoms with Crippen molar-refractivity contribution in [1.82, 2.24) is 0 Å². The van der Waals surface area contributed by atoms with Gasteiger partial charge in [0.05, 0.1) is 12.2 Å². The second kappa shape index (κ2) is 16.7. The number of esters is 2. The van der Waals surface area contributed by atoms with Gasteiger partial charge < -0.3 is 14.2 Å². The molecule has 0 aliphatic carbocycles. The minimum Gasteiger partial charge on any atom is -0.494 e. The van der Waals surface area contributed by atoms with Crippen molar-refractivity contribution >= 4 is 23.5 Å². The normalized spacial score (nSPS) is 11.7. The second-order valence-electron chi connectivity index (χ2n) is 10.4. The molecule has 3 aromatic carbocycles. The summed E-state index contributed by atoms with van der Waals surface area (Å²) in [4.78, 5) is 24.6. The molecule has 0 aromatic heterocycles. The first kappa shape index (κ1) is 31.2. The minimum atomic E-state index is -0.665. The molecule has 0 bridgehead atoms. The molecule has 0 amide bonds. The first-order chi connectivity index (χ1) is 19.4. The summed E-state index contributed by atoms with van der Waals surface area (Å²) in [5.74, 6) is 0.929. The molecule has 0 saturated heterocycles. The molecule has 0 saturated carbocycles. The fourth-order valence-corrected chi connectivity index (χ4v) is 4.15. The van der Waals surface area contributed by atoms with E-state index in [1.54, 1.807) is 24.3 Å². The molecule has 0 spiro atoms. The van der Waals surface area contributed by atoms with Gasteiger partial charge in [0, 0.05) is 0 Å². The van der Waals surface area contributed by atoms with Crippen molar-refractivity contribution < 1.29 is 23.8 Å². The number of benzene rings is 3. The summed E-state index contributed by atoms with van der Waals surface area (Å²) in [5, 5.41) is -0.665. The Morgan fingerprint density at radius 2 is 1.18 bits per heavy atom. The van der Waals surface area contributed by atoms with Crippen LogP contribution in [0.3, 0.4) is 0 Å². The Balaban J connectivity index is 1.40. The van der Waals surface area contributed by atoms with Crippen molar-refractivity contribution in [2.24, 2.45) is 5.92 Å². The summed E-state index contributed by atoms with van der Waals surface area (Å²) in [7, 11) is 0. The van der Waals surface area contributed by atoms with E-state index >= 15 is 0 Å². The van der Waals surface area contributed by atoms with Gasteiger partial charge in [0.15, 0.2) is 0 Å². The fourth-order valence-electron chi connectivity index (χ4n) is 4.11. The molecule has 0 fully saturated rings. The molecule has 5 nitrogen and oxygen atoms in total. The number of carbonyl (C=O) groups excluding carboxylic acids is 2. The molecule has 6 heteroatoms. The minimum absolute atomic E-state index is 0.00868. The highest BCUT2D eigenvalue weighted by Crippen LogP contribution is 2.20. The Kier molecular flexibility index (Phi) is 13.0. The molecule has 214 valence electrons. The molecule has 0 heterocycles. The van der Waals surface area contributed by atoms with Crippen molar-refractivity contribution in [2.45, 2.75) is 77.5 Å². The summed E-state index contributed by atoms with van der Waals surface area (Å²) < 4.78 is 16.7. The van der Waals surface area contributed by atoms with Crippen LogP contribution in [0.5, 0.6) is 17.2 Å². The first-order valence-electron chi connectivity index (χ1n) is 14.3. The zero-order valence-corrected chi connectivity index (χ0v) is 24.6. The summed E-state index contributed by atoms with van der Waals surface area (Å²) >= 11 is 6.07. The zero-order chi connectivity index (χ0) is 28.7. The van der Waals surface area contributed by atoms with Crippen LogP contribution in [-0.4, -0.2) is 23.9 Å². The van der Waals surface area contributed by atoms with E-state index in [1.165, 1.54) is 32.1 Å². The Bertz CT molecular complexity index is 1170. The third-order valence-corrected chi connectivity index (χ3v) is 7.33. The number of alkyl halides is 1. The number of halogens is 1. The predicted octanol–water partition coefficient (Wildman–Crippen LogP) is 8.60. The number of carbonyl (C=O) groups is 2. The van der Waals surface area contributed by atoms with Crippen molar-refractivity contribution in [3.8, 4) is 17.2 Å². The van der Waals surface area contributed by atoms with Gasteiger partial charge in [0.1, 0.15) is 22.6 Å². The highest BCUT2D eigenvalue weighted by atomic mass is 35.5. The maximum atomic E-state index is 12.6. The van der Waals surface area contributed by atoms with Crippen LogP contribution in [0.4, 0.5) is 0 Å². The van der Waals surface area contributed by atoms with Crippen molar-refractivity contribution in [1.29, 1.82) is 0 Å². The van der Waals surface area contributed by atoms with E-state index in [4.69, 9.17) is 25.8 Å². The van der Waals surface area contributed by atoms with Gasteiger partial charge >= 0.3 is 11.9 Å². The molecular formula is C34H41ClO5. The lowest BCUT2D eigenvalue weighted by atomic mass is 10.0. The Morgan fingerprint density at radius 1 is 0.675 bits per heavy atom. The number of rotatable bonds is 16. The Morgan fingerprint density at radius 3 is 1.73 bits per heavy atom. The van der Waals surface area contributed by atoms with E-state index in [0.29, 0.717) is 23.7 Å². The van der Waals surface area contributed by atoms with Gasteiger partial charge in [0.25, 0.3) is 0 Å². The van der Waals surface area contributed by atoms with Gasteiger partial charge in [-0.1, -0.05) is 77.1 Å². The average molecular weight is 565 g/mol. The van der Waals surface area contributed by atoms with Gasteiger partial charge in [-0.2, -0.15) is 0 Å². The monoisotopic (exact) mass is 564 g/mol. The average Bonchev–Trinajstić information content (AvgIpc) is 2.97. The molecule has 3 aromatic rings. The lowest BCUT2D eigenvalue weighted by Crippen LogP contribution is -2.25. The molecule has 0 aliphatic rings. The van der Waals surface area contributed by atoms with Crippen molar-refractivity contribution in [3.05, 3.63) is 89.5 Å². The smallest absolute Gasteiger partial charge is 0.343 e. The molecule has 0 N–H and O–H groups in total. The van der Waals surface area contributed by atoms with Crippen LogP contribution in [0, 0.1) is 5.92 Å². The molecular weight excluding hydrogens is 524 g/mol. The van der Waals surface area contributed by atoms with Crippen molar-refractivity contribution in [2.75, 3.05) is 6.61 Å². The number of aryl methyl sites for hydroxylation is 2. The van der Waals surface area contributed by atoms with E-state index < -0.39 is 17.3 Å². The first-order valence-corrected chi connectivity index (χ1v) is 14.8. The number of hydrogen-bond donors (Lipinski definition) is 0. The van der Waals surface area contributed by atoms with Gasteiger partial charge in [-0.15, -0.1) is 11.6 Å². The standard InChI is InChI=1S/C34H41ClO5/c1-4-5-6-7-8-9-24-38-29-22-16-28(17-23-29)33(36)39-30-18-12-26(13-19-30)10-11-27-14-20-31(21-15-27)40-34(37)32(35)25(2)3/h12-23,25,32H,4-11,24H2,1-3H3/t32-/m1/s1. The van der Waals surface area contributed by atoms with Gasteiger partial charge in [0.2, 0.25) is 0 Å². The van der Waals surface area contributed by atoms with Crippen LogP contribution in [0.1, 0.15) is 80.8 Å². The predicted molar refractivity (Wildman–Crippen MR) is 161 cm³/mol. The number of ether oxygens (including phenoxy) is 3. The number of unbranched alkanes of at least 4 members (excludes halogenated alkanes) is 5. The molecule has 3 rings (SSSR count). The van der Waals surface area contributed by atoms with Crippen LogP contribution in [0.25, 0.3) is 0 Å². The van der Waals surface area contributed by atoms with E-state index in [1.807, 2.05) is 62.4 Å². The maximum absolute atomic E-state index is 12.6. The Hall–Kier alpha value is -3.31. The van der Waals surface area contributed by atoms with Crippen LogP contribution < -0.4 is 14.2 Å². The summed E-state index contributed by atoms with van der Waals surface area (Å²) in [6, 6.07) is 22.1. The highest BCUT2D eigenvalue weighted by molar-refractivity contribution is 6.30. The van der Waals surface area contributed by atoms with E-state index in [-0.39, 0.29) is 5.92 Å². The van der Waals surface area contributed by atoms with Gasteiger partial charge in [-0.3, -0.25) is 4.79 Å². The quantitative estimate of drug-likeness (QED) is 0.0754. The lowest BCUT2D eigenvalue weighted by Gasteiger charge is -2.12. The maximum Gasteiger partial charge on any atom is 0.343 e. The largest absolute Gasteiger partial charge is 0.494 e. The highest BCUT2D eigenvalue weighted by Gasteiger charge is 2.21. The van der Waals surface area contributed by atoms with E-state index in [2.05, 4.69) is 6.92 Å². The van der Waals surface area contributed by atoms with Crippen molar-refractivity contribution in [3.63, 3.8) is 0 Å². The van der Waals surface area contributed by atoms with Crippen LogP contribution in [0.2, 0.25) is 0 Å². The molecule has 40 heavy (non-hydrogen) atoms. The summed E-state index contributed by atoms with van der Waals surface area (Å²) in [5.41, 5.74) is 2.74. The van der Waals surface area contributed by atoms with Gasteiger partial charge in [-0.25, -0.2) is 4.79 Å². The van der Waals surface area contributed by atoms with E-state index in [0.717, 1.165) is 36.1 Å².